The molecule has 33 heavy (non-hydrogen) atoms. The van der Waals surface area contributed by atoms with Crippen LogP contribution in [0.15, 0.2) is 89.6 Å². The maximum Gasteiger partial charge on any atom is 0.280 e. The highest BCUT2D eigenvalue weighted by Crippen LogP contribution is 2.42. The summed E-state index contributed by atoms with van der Waals surface area (Å²) in [5, 5.41) is 15.4. The van der Waals surface area contributed by atoms with Crippen LogP contribution in [0.1, 0.15) is 29.2 Å². The topological polar surface area (TPSA) is 97.3 Å². The maximum atomic E-state index is 11.5. The zero-order chi connectivity index (χ0) is 22.8. The van der Waals surface area contributed by atoms with Crippen LogP contribution in [0.25, 0.3) is 11.3 Å². The second-order valence-electron chi connectivity index (χ2n) is 7.55. The summed E-state index contributed by atoms with van der Waals surface area (Å²) in [6.45, 7) is 0.474. The van der Waals surface area contributed by atoms with Crippen LogP contribution in [0, 0.1) is 10.1 Å². The Labute approximate surface area is 195 Å². The van der Waals surface area contributed by atoms with E-state index in [-0.39, 0.29) is 17.8 Å². The van der Waals surface area contributed by atoms with Crippen molar-refractivity contribution in [2.45, 2.75) is 18.6 Å². The third-order valence-corrected chi connectivity index (χ3v) is 5.89. The summed E-state index contributed by atoms with van der Waals surface area (Å²) in [6, 6.07) is 21.0. The zero-order valence-corrected chi connectivity index (χ0v) is 18.2. The number of rotatable bonds is 6. The summed E-state index contributed by atoms with van der Waals surface area (Å²) < 4.78 is 6.22. The standard InChI is InChI=1S/C24H19N5O3S/c30-29(31)19-10-2-1-8-17(19)20-11-12-21(32-20)23-22(18-9-4-6-14-26-18)27-24(33)28(23)15-16-7-3-5-13-25-16/h1-14,22-23H,15H2,(H,27,33). The van der Waals surface area contributed by atoms with Gasteiger partial charge in [0.05, 0.1) is 34.5 Å². The summed E-state index contributed by atoms with van der Waals surface area (Å²) in [6.07, 6.45) is 3.48. The second-order valence-corrected chi connectivity index (χ2v) is 7.94. The van der Waals surface area contributed by atoms with Crippen molar-refractivity contribution in [3.63, 3.8) is 0 Å². The molecular formula is C24H19N5O3S. The van der Waals surface area contributed by atoms with Crippen LogP contribution >= 0.6 is 12.2 Å². The fourth-order valence-electron chi connectivity index (χ4n) is 4.05. The number of benzene rings is 1. The number of pyridine rings is 2. The molecule has 3 aromatic heterocycles. The Bertz CT molecular complexity index is 1300. The van der Waals surface area contributed by atoms with Crippen molar-refractivity contribution < 1.29 is 9.34 Å². The molecule has 0 radical (unpaired) electrons. The first-order valence-electron chi connectivity index (χ1n) is 10.3. The lowest BCUT2D eigenvalue weighted by molar-refractivity contribution is -0.384. The van der Waals surface area contributed by atoms with Gasteiger partial charge < -0.3 is 14.6 Å². The Balaban J connectivity index is 1.56. The van der Waals surface area contributed by atoms with Gasteiger partial charge in [-0.1, -0.05) is 24.3 Å². The lowest BCUT2D eigenvalue weighted by Crippen LogP contribution is -2.29. The minimum absolute atomic E-state index is 0.00918. The van der Waals surface area contributed by atoms with Gasteiger partial charge in [0.15, 0.2) is 5.11 Å². The van der Waals surface area contributed by atoms with Crippen molar-refractivity contribution >= 4 is 23.0 Å². The van der Waals surface area contributed by atoms with Gasteiger partial charge in [0, 0.05) is 18.5 Å². The summed E-state index contributed by atoms with van der Waals surface area (Å²) >= 11 is 5.68. The molecule has 5 rings (SSSR count). The number of furan rings is 1. The summed E-state index contributed by atoms with van der Waals surface area (Å²) in [7, 11) is 0. The second kappa shape index (κ2) is 8.79. The monoisotopic (exact) mass is 457 g/mol. The van der Waals surface area contributed by atoms with Gasteiger partial charge in [-0.2, -0.15) is 0 Å². The highest BCUT2D eigenvalue weighted by atomic mass is 32.1. The molecule has 0 spiro atoms. The zero-order valence-electron chi connectivity index (χ0n) is 17.4. The molecule has 2 atom stereocenters. The van der Waals surface area contributed by atoms with Gasteiger partial charge in [-0.3, -0.25) is 20.1 Å². The number of thiocarbonyl (C=S) groups is 1. The normalized spacial score (nSPS) is 17.7. The molecule has 0 amide bonds. The van der Waals surface area contributed by atoms with E-state index in [9.17, 15) is 10.1 Å². The Hall–Kier alpha value is -4.11. The Morgan fingerprint density at radius 3 is 2.48 bits per heavy atom. The van der Waals surface area contributed by atoms with E-state index in [1.807, 2.05) is 47.4 Å². The molecular weight excluding hydrogens is 438 g/mol. The number of nitro groups is 1. The van der Waals surface area contributed by atoms with Crippen LogP contribution < -0.4 is 5.32 Å². The van der Waals surface area contributed by atoms with Crippen molar-refractivity contribution in [1.82, 2.24) is 20.2 Å². The molecule has 8 nitrogen and oxygen atoms in total. The van der Waals surface area contributed by atoms with Crippen LogP contribution in [0.3, 0.4) is 0 Å². The molecule has 164 valence electrons. The molecule has 1 fully saturated rings. The van der Waals surface area contributed by atoms with Crippen LogP contribution in [0.2, 0.25) is 0 Å². The van der Waals surface area contributed by atoms with E-state index in [1.165, 1.54) is 6.07 Å². The largest absolute Gasteiger partial charge is 0.459 e. The maximum absolute atomic E-state index is 11.5. The van der Waals surface area contributed by atoms with Crippen molar-refractivity contribution in [1.29, 1.82) is 0 Å². The van der Waals surface area contributed by atoms with E-state index in [0.29, 0.717) is 28.7 Å². The Morgan fingerprint density at radius 2 is 1.76 bits per heavy atom. The number of aromatic nitrogens is 2. The Morgan fingerprint density at radius 1 is 1.00 bits per heavy atom. The number of hydrogen-bond donors (Lipinski definition) is 1. The summed E-state index contributed by atoms with van der Waals surface area (Å²) in [4.78, 5) is 22.1. The van der Waals surface area contributed by atoms with E-state index in [2.05, 4.69) is 15.3 Å². The average Bonchev–Trinajstić information content (AvgIpc) is 3.45. The molecule has 0 bridgehead atoms. The first-order valence-corrected chi connectivity index (χ1v) is 10.7. The molecule has 4 heterocycles. The average molecular weight is 458 g/mol. The molecule has 0 saturated carbocycles. The first kappa shape index (κ1) is 20.8. The van der Waals surface area contributed by atoms with Gasteiger partial charge in [0.25, 0.3) is 5.69 Å². The predicted octanol–water partition coefficient (Wildman–Crippen LogP) is 4.82. The molecule has 1 saturated heterocycles. The third kappa shape index (κ3) is 4.06. The van der Waals surface area contributed by atoms with E-state index in [1.54, 1.807) is 36.7 Å². The molecule has 4 aromatic rings. The van der Waals surface area contributed by atoms with E-state index < -0.39 is 4.92 Å². The lowest BCUT2D eigenvalue weighted by Gasteiger charge is -2.25. The fraction of sp³-hybridized carbons (Fsp3) is 0.125. The smallest absolute Gasteiger partial charge is 0.280 e. The number of hydrogen-bond acceptors (Lipinski definition) is 6. The number of nitrogens with zero attached hydrogens (tertiary/aromatic N) is 4. The van der Waals surface area contributed by atoms with Gasteiger partial charge in [-0.15, -0.1) is 0 Å². The molecule has 1 aromatic carbocycles. The highest BCUT2D eigenvalue weighted by Gasteiger charge is 2.42. The van der Waals surface area contributed by atoms with Crippen LogP contribution in [-0.4, -0.2) is 24.9 Å². The molecule has 9 heteroatoms. The Kier molecular flexibility index (Phi) is 5.54. The SMILES string of the molecule is O=[N+]([O-])c1ccccc1-c1ccc(C2C(c3ccccn3)NC(=S)N2Cc2ccccn2)o1. The summed E-state index contributed by atoms with van der Waals surface area (Å²) in [5.41, 5.74) is 2.09. The minimum atomic E-state index is -0.409. The van der Waals surface area contributed by atoms with Gasteiger partial charge in [-0.05, 0) is 54.7 Å². The lowest BCUT2D eigenvalue weighted by atomic mass is 10.0. The van der Waals surface area contributed by atoms with Crippen LogP contribution in [0.4, 0.5) is 5.69 Å². The fourth-order valence-corrected chi connectivity index (χ4v) is 4.35. The van der Waals surface area contributed by atoms with Gasteiger partial charge in [0.1, 0.15) is 17.6 Å². The van der Waals surface area contributed by atoms with E-state index in [4.69, 9.17) is 16.6 Å². The van der Waals surface area contributed by atoms with Crippen LogP contribution in [-0.2, 0) is 6.54 Å². The number of para-hydroxylation sites is 1. The minimum Gasteiger partial charge on any atom is -0.459 e. The highest BCUT2D eigenvalue weighted by molar-refractivity contribution is 7.80. The molecule has 2 unspecified atom stereocenters. The first-order chi connectivity index (χ1) is 16.1. The molecule has 1 aliphatic heterocycles. The van der Waals surface area contributed by atoms with E-state index in [0.717, 1.165) is 11.4 Å². The molecule has 1 N–H and O–H groups in total. The van der Waals surface area contributed by atoms with Gasteiger partial charge in [-0.25, -0.2) is 0 Å². The third-order valence-electron chi connectivity index (χ3n) is 5.54. The quantitative estimate of drug-likeness (QED) is 0.250. The van der Waals surface area contributed by atoms with Crippen LogP contribution in [0.5, 0.6) is 0 Å². The molecule has 1 aliphatic rings. The van der Waals surface area contributed by atoms with Crippen molar-refractivity contribution in [3.05, 3.63) is 112 Å². The van der Waals surface area contributed by atoms with Gasteiger partial charge >= 0.3 is 0 Å². The van der Waals surface area contributed by atoms with Gasteiger partial charge in [0.2, 0.25) is 0 Å². The predicted molar refractivity (Wildman–Crippen MR) is 126 cm³/mol. The van der Waals surface area contributed by atoms with Crippen molar-refractivity contribution in [2.24, 2.45) is 0 Å². The van der Waals surface area contributed by atoms with E-state index >= 15 is 0 Å². The van der Waals surface area contributed by atoms with Crippen molar-refractivity contribution in [2.75, 3.05) is 0 Å². The summed E-state index contributed by atoms with van der Waals surface area (Å²) in [5.74, 6) is 1.05. The molecule has 0 aliphatic carbocycles. The number of nitrogens with one attached hydrogen (secondary N) is 1. The van der Waals surface area contributed by atoms with Crippen molar-refractivity contribution in [3.8, 4) is 11.3 Å². The number of nitro benzene ring substituents is 1.